The topological polar surface area (TPSA) is 37.7 Å². The van der Waals surface area contributed by atoms with E-state index in [0.717, 1.165) is 39.0 Å². The molecule has 2 aliphatic rings. The van der Waals surface area contributed by atoms with Crippen LogP contribution in [0.3, 0.4) is 0 Å². The Bertz CT molecular complexity index is 463. The molecule has 1 aromatic heterocycles. The molecule has 3 rings (SSSR count). The van der Waals surface area contributed by atoms with Crippen molar-refractivity contribution >= 4 is 5.91 Å². The molecule has 2 saturated heterocycles. The van der Waals surface area contributed by atoms with Gasteiger partial charge in [-0.2, -0.15) is 0 Å². The van der Waals surface area contributed by atoms with Gasteiger partial charge in [0.15, 0.2) is 0 Å². The van der Waals surface area contributed by atoms with Gasteiger partial charge in [-0.05, 0) is 25.0 Å². The van der Waals surface area contributed by atoms with Crippen LogP contribution in [0.5, 0.6) is 0 Å². The van der Waals surface area contributed by atoms with Gasteiger partial charge in [-0.1, -0.05) is 0 Å². The van der Waals surface area contributed by atoms with E-state index in [2.05, 4.69) is 34.8 Å². The number of rotatable bonds is 3. The maximum atomic E-state index is 11.9. The van der Waals surface area contributed by atoms with E-state index in [1.165, 1.54) is 5.69 Å². The Balaban J connectivity index is 1.52. The molecule has 1 amide bonds. The number of amides is 1. The first-order valence-corrected chi connectivity index (χ1v) is 7.44. The van der Waals surface area contributed by atoms with Crippen LogP contribution in [-0.4, -0.2) is 59.2 Å². The summed E-state index contributed by atoms with van der Waals surface area (Å²) in [5.74, 6) is 0.164. The van der Waals surface area contributed by atoms with Crippen LogP contribution in [0.1, 0.15) is 18.5 Å². The maximum Gasteiger partial charge on any atom is 0.248 e. The first-order chi connectivity index (χ1) is 9.74. The summed E-state index contributed by atoms with van der Waals surface area (Å²) in [4.78, 5) is 16.4. The zero-order valence-corrected chi connectivity index (χ0v) is 12.1. The van der Waals surface area contributed by atoms with E-state index in [9.17, 15) is 4.79 Å². The van der Waals surface area contributed by atoms with E-state index in [-0.39, 0.29) is 12.5 Å². The highest BCUT2D eigenvalue weighted by Gasteiger charge is 2.29. The SMILES string of the molecule is Cn1cccc1CN1CCC(N2CCOCC2=O)CC1. The molecular formula is C15H23N3O2. The average molecular weight is 277 g/mol. The number of aromatic nitrogens is 1. The molecule has 0 bridgehead atoms. The molecule has 2 fully saturated rings. The van der Waals surface area contributed by atoms with E-state index >= 15 is 0 Å². The maximum absolute atomic E-state index is 11.9. The summed E-state index contributed by atoms with van der Waals surface area (Å²) in [6.07, 6.45) is 4.25. The molecule has 2 aliphatic heterocycles. The largest absolute Gasteiger partial charge is 0.370 e. The Hall–Kier alpha value is -1.33. The van der Waals surface area contributed by atoms with Crippen molar-refractivity contribution in [3.8, 4) is 0 Å². The monoisotopic (exact) mass is 277 g/mol. The number of nitrogens with zero attached hydrogens (tertiary/aromatic N) is 3. The number of hydrogen-bond acceptors (Lipinski definition) is 3. The first-order valence-electron chi connectivity index (χ1n) is 7.44. The second-order valence-electron chi connectivity index (χ2n) is 5.76. The molecule has 0 saturated carbocycles. The van der Waals surface area contributed by atoms with Gasteiger partial charge in [-0.15, -0.1) is 0 Å². The number of likely N-dealkylation sites (tertiary alicyclic amines) is 1. The third-order valence-corrected chi connectivity index (χ3v) is 4.46. The highest BCUT2D eigenvalue weighted by Crippen LogP contribution is 2.19. The molecule has 0 atom stereocenters. The van der Waals surface area contributed by atoms with Gasteiger partial charge in [-0.25, -0.2) is 0 Å². The minimum absolute atomic E-state index is 0.164. The average Bonchev–Trinajstić information content (AvgIpc) is 2.86. The van der Waals surface area contributed by atoms with Gasteiger partial charge in [0.05, 0.1) is 6.61 Å². The van der Waals surface area contributed by atoms with Gasteiger partial charge in [0.1, 0.15) is 6.61 Å². The molecule has 0 spiro atoms. The van der Waals surface area contributed by atoms with Crippen LogP contribution in [0.15, 0.2) is 18.3 Å². The van der Waals surface area contributed by atoms with E-state index < -0.39 is 0 Å². The van der Waals surface area contributed by atoms with E-state index in [1.54, 1.807) is 0 Å². The Morgan fingerprint density at radius 2 is 2.10 bits per heavy atom. The minimum atomic E-state index is 0.164. The van der Waals surface area contributed by atoms with Gasteiger partial charge in [0.2, 0.25) is 5.91 Å². The van der Waals surface area contributed by atoms with Gasteiger partial charge in [0.25, 0.3) is 0 Å². The number of morpholine rings is 1. The smallest absolute Gasteiger partial charge is 0.248 e. The van der Waals surface area contributed by atoms with Crippen molar-refractivity contribution in [3.05, 3.63) is 24.0 Å². The van der Waals surface area contributed by atoms with Crippen molar-refractivity contribution in [2.24, 2.45) is 7.05 Å². The zero-order chi connectivity index (χ0) is 13.9. The number of aryl methyl sites for hydroxylation is 1. The normalized spacial score (nSPS) is 22.4. The molecule has 3 heterocycles. The highest BCUT2D eigenvalue weighted by atomic mass is 16.5. The molecule has 20 heavy (non-hydrogen) atoms. The predicted octanol–water partition coefficient (Wildman–Crippen LogP) is 0.848. The fourth-order valence-electron chi connectivity index (χ4n) is 3.20. The standard InChI is InChI=1S/C15H23N3O2/c1-16-6-2-3-14(16)11-17-7-4-13(5-8-17)18-9-10-20-12-15(18)19/h2-3,6,13H,4-5,7-12H2,1H3. The van der Waals surface area contributed by atoms with E-state index in [4.69, 9.17) is 4.74 Å². The fourth-order valence-corrected chi connectivity index (χ4v) is 3.20. The lowest BCUT2D eigenvalue weighted by atomic mass is 10.0. The quantitative estimate of drug-likeness (QED) is 0.822. The number of ether oxygens (including phenoxy) is 1. The number of hydrogen-bond donors (Lipinski definition) is 0. The number of piperidine rings is 1. The van der Waals surface area contributed by atoms with Gasteiger partial charge < -0.3 is 14.2 Å². The van der Waals surface area contributed by atoms with Crippen LogP contribution < -0.4 is 0 Å². The van der Waals surface area contributed by atoms with Crippen molar-refractivity contribution < 1.29 is 9.53 Å². The lowest BCUT2D eigenvalue weighted by Crippen LogP contribution is -2.51. The Labute approximate surface area is 120 Å². The van der Waals surface area contributed by atoms with Gasteiger partial charge in [-0.3, -0.25) is 9.69 Å². The molecule has 0 radical (unpaired) electrons. The van der Waals surface area contributed by atoms with Gasteiger partial charge in [0, 0.05) is 51.2 Å². The molecule has 0 aliphatic carbocycles. The van der Waals surface area contributed by atoms with Crippen LogP contribution in [0.25, 0.3) is 0 Å². The van der Waals surface area contributed by atoms with E-state index in [1.807, 2.05) is 4.90 Å². The van der Waals surface area contributed by atoms with Crippen LogP contribution in [-0.2, 0) is 23.1 Å². The van der Waals surface area contributed by atoms with Crippen LogP contribution >= 0.6 is 0 Å². The molecule has 0 unspecified atom stereocenters. The Morgan fingerprint density at radius 3 is 2.75 bits per heavy atom. The summed E-state index contributed by atoms with van der Waals surface area (Å²) in [6.45, 7) is 4.87. The highest BCUT2D eigenvalue weighted by molar-refractivity contribution is 5.78. The number of carbonyl (C=O) groups is 1. The summed E-state index contributed by atoms with van der Waals surface area (Å²) < 4.78 is 7.38. The second kappa shape index (κ2) is 5.97. The van der Waals surface area contributed by atoms with Crippen molar-refractivity contribution in [2.75, 3.05) is 32.8 Å². The summed E-state index contributed by atoms with van der Waals surface area (Å²) >= 11 is 0. The Kier molecular flexibility index (Phi) is 4.08. The number of carbonyl (C=O) groups excluding carboxylic acids is 1. The van der Waals surface area contributed by atoms with Crippen molar-refractivity contribution in [1.82, 2.24) is 14.4 Å². The fraction of sp³-hybridized carbons (Fsp3) is 0.667. The molecule has 5 heteroatoms. The summed E-state index contributed by atoms with van der Waals surface area (Å²) in [5, 5.41) is 0. The van der Waals surface area contributed by atoms with Crippen molar-refractivity contribution in [1.29, 1.82) is 0 Å². The van der Waals surface area contributed by atoms with Crippen LogP contribution in [0.4, 0.5) is 0 Å². The molecule has 0 N–H and O–H groups in total. The zero-order valence-electron chi connectivity index (χ0n) is 12.1. The third-order valence-electron chi connectivity index (χ3n) is 4.46. The van der Waals surface area contributed by atoms with Gasteiger partial charge >= 0.3 is 0 Å². The molecular weight excluding hydrogens is 254 g/mol. The predicted molar refractivity (Wildman–Crippen MR) is 76.2 cm³/mol. The van der Waals surface area contributed by atoms with Crippen molar-refractivity contribution in [3.63, 3.8) is 0 Å². The minimum Gasteiger partial charge on any atom is -0.370 e. The molecule has 0 aromatic carbocycles. The lowest BCUT2D eigenvalue weighted by molar-refractivity contribution is -0.146. The summed E-state index contributed by atoms with van der Waals surface area (Å²) in [6, 6.07) is 4.68. The molecule has 5 nitrogen and oxygen atoms in total. The summed E-state index contributed by atoms with van der Waals surface area (Å²) in [5.41, 5.74) is 1.35. The van der Waals surface area contributed by atoms with Crippen molar-refractivity contribution in [2.45, 2.75) is 25.4 Å². The molecule has 110 valence electrons. The van der Waals surface area contributed by atoms with E-state index in [0.29, 0.717) is 12.6 Å². The first kappa shape index (κ1) is 13.6. The third kappa shape index (κ3) is 2.88. The lowest BCUT2D eigenvalue weighted by Gasteiger charge is -2.40. The molecule has 1 aromatic rings. The summed E-state index contributed by atoms with van der Waals surface area (Å²) in [7, 11) is 2.09. The van der Waals surface area contributed by atoms with Crippen LogP contribution in [0, 0.1) is 0 Å². The Morgan fingerprint density at radius 1 is 1.30 bits per heavy atom. The van der Waals surface area contributed by atoms with Crippen LogP contribution in [0.2, 0.25) is 0 Å². The second-order valence-corrected chi connectivity index (χ2v) is 5.76.